The number of ketones is 1. The first-order chi connectivity index (χ1) is 16.3. The van der Waals surface area contributed by atoms with E-state index >= 15 is 0 Å². The van der Waals surface area contributed by atoms with Crippen molar-refractivity contribution in [2.45, 2.75) is 44.5 Å². The van der Waals surface area contributed by atoms with Crippen molar-refractivity contribution >= 4 is 35.0 Å². The molecule has 9 nitrogen and oxygen atoms in total. The zero-order valence-corrected chi connectivity index (χ0v) is 20.8. The van der Waals surface area contributed by atoms with Gasteiger partial charge in [-0.15, -0.1) is 11.8 Å². The number of phenols is 1. The van der Waals surface area contributed by atoms with Crippen molar-refractivity contribution in [2.24, 2.45) is 11.7 Å². The van der Waals surface area contributed by atoms with E-state index in [2.05, 4.69) is 5.32 Å². The number of amides is 2. The van der Waals surface area contributed by atoms with Crippen molar-refractivity contribution in [3.63, 3.8) is 0 Å². The smallest absolute Gasteiger partial charge is 0.271 e. The van der Waals surface area contributed by atoms with E-state index in [4.69, 9.17) is 11.5 Å². The number of aromatic hydroxyl groups is 1. The first-order valence-electron chi connectivity index (χ1n) is 11.2. The summed E-state index contributed by atoms with van der Waals surface area (Å²) in [5.41, 5.74) is 9.46. The van der Waals surface area contributed by atoms with Crippen LogP contribution in [0, 0.1) is 5.92 Å². The number of phenolic OH excluding ortho intramolecular Hbond substituents is 1. The first-order valence-corrected chi connectivity index (χ1v) is 12.4. The Labute approximate surface area is 208 Å². The molecule has 2 amide bonds. The van der Waals surface area contributed by atoms with Crippen LogP contribution in [-0.2, 0) is 16.0 Å². The Kier molecular flexibility index (Phi) is 7.78. The Morgan fingerprint density at radius 2 is 1.80 bits per heavy atom. The molecule has 7 N–H and O–H groups in total. The number of nitrogens with one attached hydrogen (secondary N) is 1. The molecule has 2 aromatic rings. The van der Waals surface area contributed by atoms with E-state index in [9.17, 15) is 24.6 Å². The summed E-state index contributed by atoms with van der Waals surface area (Å²) in [5, 5.41) is 24.3. The van der Waals surface area contributed by atoms with Crippen molar-refractivity contribution in [2.75, 3.05) is 17.4 Å². The Morgan fingerprint density at radius 1 is 1.14 bits per heavy atom. The Hall–Kier alpha value is -3.08. The van der Waals surface area contributed by atoms with Crippen LogP contribution in [0.5, 0.6) is 5.75 Å². The number of nitrogens with two attached hydrogens (primary N) is 2. The fourth-order valence-electron chi connectivity index (χ4n) is 3.95. The number of thioether (sulfide) groups is 1. The number of anilines is 1. The molecule has 1 fully saturated rings. The molecule has 188 valence electrons. The number of para-hydroxylation sites is 1. The molecule has 1 aliphatic heterocycles. The highest BCUT2D eigenvalue weighted by molar-refractivity contribution is 7.99. The number of nitrogens with zero attached hydrogens (tertiary/aromatic N) is 1. The van der Waals surface area contributed by atoms with Crippen LogP contribution in [0.3, 0.4) is 0 Å². The van der Waals surface area contributed by atoms with Crippen LogP contribution < -0.4 is 16.8 Å². The van der Waals surface area contributed by atoms with Crippen molar-refractivity contribution in [3.05, 3.63) is 59.7 Å². The molecule has 0 radical (unpaired) electrons. The van der Waals surface area contributed by atoms with E-state index in [1.54, 1.807) is 30.3 Å². The molecule has 0 saturated carbocycles. The minimum Gasteiger partial charge on any atom is -0.506 e. The molecular weight excluding hydrogens is 468 g/mol. The van der Waals surface area contributed by atoms with Crippen LogP contribution >= 0.6 is 11.8 Å². The van der Waals surface area contributed by atoms with E-state index in [-0.39, 0.29) is 35.2 Å². The molecule has 35 heavy (non-hydrogen) atoms. The minimum absolute atomic E-state index is 0.0552. The second-order valence-corrected chi connectivity index (χ2v) is 10.7. The number of nitrogen functional groups attached to an aromatic ring is 1. The number of carbonyl (C=O) groups excluding carboxylic acids is 3. The number of aliphatic hydroxyl groups is 1. The molecular formula is C25H32N4O5S. The summed E-state index contributed by atoms with van der Waals surface area (Å²) in [6.07, 6.45) is -0.0622. The molecule has 10 heteroatoms. The van der Waals surface area contributed by atoms with Crippen molar-refractivity contribution in [1.29, 1.82) is 0 Å². The van der Waals surface area contributed by atoms with Gasteiger partial charge in [-0.3, -0.25) is 20.1 Å². The summed E-state index contributed by atoms with van der Waals surface area (Å²) in [6, 6.07) is 12.2. The summed E-state index contributed by atoms with van der Waals surface area (Å²) in [6.45, 7) is 5.48. The maximum atomic E-state index is 13.6. The molecule has 0 aliphatic carbocycles. The third kappa shape index (κ3) is 5.95. The molecule has 1 saturated heterocycles. The monoisotopic (exact) mass is 500 g/mol. The predicted octanol–water partition coefficient (Wildman–Crippen LogP) is 1.48. The number of carbonyl (C=O) groups is 3. The third-order valence-electron chi connectivity index (χ3n) is 5.77. The highest BCUT2D eigenvalue weighted by atomic mass is 32.2. The first kappa shape index (κ1) is 26.5. The molecule has 3 rings (SSSR count). The normalized spacial score (nSPS) is 18.5. The van der Waals surface area contributed by atoms with Gasteiger partial charge in [-0.05, 0) is 44.9 Å². The molecule has 3 atom stereocenters. The lowest BCUT2D eigenvalue weighted by Crippen LogP contribution is -2.64. The second kappa shape index (κ2) is 10.3. The van der Waals surface area contributed by atoms with E-state index in [1.807, 2.05) is 20.8 Å². The number of hydrogen-bond donors (Lipinski definition) is 5. The van der Waals surface area contributed by atoms with Gasteiger partial charge in [0.15, 0.2) is 5.78 Å². The summed E-state index contributed by atoms with van der Waals surface area (Å²) < 4.78 is 0. The van der Waals surface area contributed by atoms with Gasteiger partial charge >= 0.3 is 0 Å². The lowest BCUT2D eigenvalue weighted by Gasteiger charge is -2.36. The van der Waals surface area contributed by atoms with E-state index in [0.29, 0.717) is 11.3 Å². The fourth-order valence-corrected chi connectivity index (χ4v) is 5.10. The second-order valence-electron chi connectivity index (χ2n) is 9.70. The topological polar surface area (TPSA) is 159 Å². The molecule has 2 aromatic carbocycles. The van der Waals surface area contributed by atoms with Crippen molar-refractivity contribution in [3.8, 4) is 5.75 Å². The maximum Gasteiger partial charge on any atom is 0.271 e. The summed E-state index contributed by atoms with van der Waals surface area (Å²) in [7, 11) is 0. The Morgan fingerprint density at radius 3 is 2.43 bits per heavy atom. The lowest BCUT2D eigenvalue weighted by atomic mass is 9.82. The van der Waals surface area contributed by atoms with Gasteiger partial charge in [0.2, 0.25) is 11.6 Å². The third-order valence-corrected chi connectivity index (χ3v) is 6.78. The average Bonchev–Trinajstić information content (AvgIpc) is 3.28. The van der Waals surface area contributed by atoms with Crippen LogP contribution in [-0.4, -0.2) is 61.6 Å². The van der Waals surface area contributed by atoms with E-state index in [0.717, 1.165) is 0 Å². The zero-order chi connectivity index (χ0) is 26.0. The molecule has 1 unspecified atom stereocenters. The Bertz CT molecular complexity index is 1100. The van der Waals surface area contributed by atoms with Gasteiger partial charge in [0.05, 0.1) is 17.5 Å². The lowest BCUT2D eigenvalue weighted by molar-refractivity contribution is -0.158. The molecule has 1 aliphatic rings. The maximum absolute atomic E-state index is 13.6. The Balaban J connectivity index is 1.97. The standard InChI is InChI=1S/C25H32N4O5S/c1-24(2,3)28-22(32)18-13-35-14-29(18)23(33)25(27,34)17(12-15-8-5-4-6-9-15)21(31)16-10-7-11-19(30)20(16)26/h4-11,17-18,30,34H,12-14,26-27H2,1-3H3,(H,28,32)/t17-,18?,25+/m1/s1. The number of hydrogen-bond acceptors (Lipinski definition) is 8. The van der Waals surface area contributed by atoms with Gasteiger partial charge in [0.1, 0.15) is 11.8 Å². The van der Waals surface area contributed by atoms with Crippen molar-refractivity contribution in [1.82, 2.24) is 10.2 Å². The van der Waals surface area contributed by atoms with Crippen LogP contribution in [0.25, 0.3) is 0 Å². The molecule has 0 spiro atoms. The van der Waals surface area contributed by atoms with Crippen molar-refractivity contribution < 1.29 is 24.6 Å². The molecule has 0 aromatic heterocycles. The summed E-state index contributed by atoms with van der Waals surface area (Å²) >= 11 is 1.35. The minimum atomic E-state index is -2.64. The van der Waals surface area contributed by atoms with Gasteiger partial charge in [-0.1, -0.05) is 36.4 Å². The SMILES string of the molecule is CC(C)(C)NC(=O)C1CSCN1C(=O)[C@@](N)(O)[C@H](Cc1ccccc1)C(=O)c1cccc(O)c1N. The molecule has 0 bridgehead atoms. The van der Waals surface area contributed by atoms with Gasteiger partial charge in [0, 0.05) is 16.9 Å². The van der Waals surface area contributed by atoms with Crippen LogP contribution in [0.1, 0.15) is 36.7 Å². The highest BCUT2D eigenvalue weighted by Gasteiger charge is 2.50. The van der Waals surface area contributed by atoms with Gasteiger partial charge in [-0.25, -0.2) is 0 Å². The summed E-state index contributed by atoms with van der Waals surface area (Å²) in [4.78, 5) is 41.3. The average molecular weight is 501 g/mol. The predicted molar refractivity (Wildman–Crippen MR) is 135 cm³/mol. The number of rotatable bonds is 7. The van der Waals surface area contributed by atoms with Gasteiger partial charge < -0.3 is 26.2 Å². The fraction of sp³-hybridized carbons (Fsp3) is 0.400. The zero-order valence-electron chi connectivity index (χ0n) is 20.0. The van der Waals surface area contributed by atoms with Crippen LogP contribution in [0.15, 0.2) is 48.5 Å². The van der Waals surface area contributed by atoms with Gasteiger partial charge in [-0.2, -0.15) is 0 Å². The molecule has 1 heterocycles. The summed E-state index contributed by atoms with van der Waals surface area (Å²) in [5.74, 6) is -3.24. The number of benzene rings is 2. The van der Waals surface area contributed by atoms with E-state index < -0.39 is 34.9 Å². The van der Waals surface area contributed by atoms with E-state index in [1.165, 1.54) is 34.9 Å². The number of Topliss-reactive ketones (excluding diaryl/α,β-unsaturated/α-hetero) is 1. The largest absolute Gasteiger partial charge is 0.506 e. The quantitative estimate of drug-likeness (QED) is 0.165. The highest BCUT2D eigenvalue weighted by Crippen LogP contribution is 2.32. The van der Waals surface area contributed by atoms with Crippen LogP contribution in [0.2, 0.25) is 0 Å². The van der Waals surface area contributed by atoms with Crippen LogP contribution in [0.4, 0.5) is 5.69 Å². The van der Waals surface area contributed by atoms with Gasteiger partial charge in [0.25, 0.3) is 5.91 Å².